The predicted molar refractivity (Wildman–Crippen MR) is 78.7 cm³/mol. The maximum absolute atomic E-state index is 5.20. The Morgan fingerprint density at radius 2 is 2.26 bits per heavy atom. The lowest BCUT2D eigenvalue weighted by Gasteiger charge is -2.28. The van der Waals surface area contributed by atoms with Crippen LogP contribution in [0.1, 0.15) is 17.9 Å². The lowest BCUT2D eigenvalue weighted by molar-refractivity contribution is 0.210. The number of hydrogen-bond acceptors (Lipinski definition) is 3. The molecule has 102 valence electrons. The summed E-state index contributed by atoms with van der Waals surface area (Å²) < 4.78 is 5.20. The second-order valence-electron chi connectivity index (χ2n) is 5.47. The zero-order valence-corrected chi connectivity index (χ0v) is 11.6. The molecule has 1 N–H and O–H groups in total. The Kier molecular flexibility index (Phi) is 3.85. The molecular weight excluding hydrogens is 236 g/mol. The van der Waals surface area contributed by atoms with Crippen molar-refractivity contribution in [2.45, 2.75) is 12.3 Å². The SMILES string of the molecule is COCC1=CCN(CC2CNc3ccccc32)CC1. The maximum atomic E-state index is 5.20. The van der Waals surface area contributed by atoms with Crippen molar-refractivity contribution in [3.8, 4) is 0 Å². The number of hydrogen-bond donors (Lipinski definition) is 1. The van der Waals surface area contributed by atoms with Crippen molar-refractivity contribution in [1.82, 2.24) is 4.90 Å². The molecule has 3 rings (SSSR count). The normalized spacial score (nSPS) is 22.8. The molecule has 0 radical (unpaired) electrons. The second-order valence-corrected chi connectivity index (χ2v) is 5.47. The number of para-hydroxylation sites is 1. The van der Waals surface area contributed by atoms with Crippen LogP contribution in [0, 0.1) is 0 Å². The summed E-state index contributed by atoms with van der Waals surface area (Å²) in [4.78, 5) is 2.55. The fourth-order valence-electron chi connectivity index (χ4n) is 3.07. The average Bonchev–Trinajstić information content (AvgIpc) is 2.85. The highest BCUT2D eigenvalue weighted by Crippen LogP contribution is 2.31. The highest BCUT2D eigenvalue weighted by Gasteiger charge is 2.24. The summed E-state index contributed by atoms with van der Waals surface area (Å²) in [6.07, 6.45) is 3.48. The minimum atomic E-state index is 0.633. The molecule has 1 aromatic rings. The Bertz CT molecular complexity index is 470. The van der Waals surface area contributed by atoms with Crippen LogP contribution in [0.3, 0.4) is 0 Å². The molecule has 2 heterocycles. The first-order chi connectivity index (χ1) is 9.36. The van der Waals surface area contributed by atoms with Crippen LogP contribution < -0.4 is 5.32 Å². The highest BCUT2D eigenvalue weighted by atomic mass is 16.5. The van der Waals surface area contributed by atoms with Crippen molar-refractivity contribution in [3.63, 3.8) is 0 Å². The van der Waals surface area contributed by atoms with E-state index in [4.69, 9.17) is 4.74 Å². The Labute approximate surface area is 115 Å². The molecule has 1 unspecified atom stereocenters. The van der Waals surface area contributed by atoms with Crippen LogP contribution in [0.25, 0.3) is 0 Å². The third-order valence-electron chi connectivity index (χ3n) is 4.14. The first kappa shape index (κ1) is 12.7. The van der Waals surface area contributed by atoms with Crippen LogP contribution in [-0.4, -0.2) is 44.8 Å². The first-order valence-corrected chi connectivity index (χ1v) is 7.09. The van der Waals surface area contributed by atoms with E-state index in [0.717, 1.165) is 39.2 Å². The molecule has 3 nitrogen and oxygen atoms in total. The summed E-state index contributed by atoms with van der Waals surface area (Å²) in [6.45, 7) is 5.25. The Hall–Kier alpha value is -1.32. The molecule has 0 aromatic heterocycles. The minimum absolute atomic E-state index is 0.633. The Morgan fingerprint density at radius 3 is 3.05 bits per heavy atom. The van der Waals surface area contributed by atoms with Gasteiger partial charge in [0, 0.05) is 44.9 Å². The van der Waals surface area contributed by atoms with Gasteiger partial charge in [-0.15, -0.1) is 0 Å². The van der Waals surface area contributed by atoms with Crippen molar-refractivity contribution >= 4 is 5.69 Å². The number of benzene rings is 1. The smallest absolute Gasteiger partial charge is 0.0673 e. The van der Waals surface area contributed by atoms with E-state index in [9.17, 15) is 0 Å². The van der Waals surface area contributed by atoms with Crippen LogP contribution in [-0.2, 0) is 4.74 Å². The van der Waals surface area contributed by atoms with Gasteiger partial charge in [-0.2, -0.15) is 0 Å². The van der Waals surface area contributed by atoms with Gasteiger partial charge in [0.1, 0.15) is 0 Å². The van der Waals surface area contributed by atoms with E-state index in [1.807, 2.05) is 0 Å². The number of fused-ring (bicyclic) bond motifs is 1. The average molecular weight is 258 g/mol. The third kappa shape index (κ3) is 2.82. The molecule has 0 amide bonds. The first-order valence-electron chi connectivity index (χ1n) is 7.09. The van der Waals surface area contributed by atoms with Gasteiger partial charge < -0.3 is 10.1 Å². The number of rotatable bonds is 4. The predicted octanol–water partition coefficient (Wildman–Crippen LogP) is 2.47. The molecule has 0 aliphatic carbocycles. The molecular formula is C16H22N2O. The van der Waals surface area contributed by atoms with Gasteiger partial charge in [0.25, 0.3) is 0 Å². The molecule has 0 saturated heterocycles. The van der Waals surface area contributed by atoms with E-state index in [1.54, 1.807) is 7.11 Å². The van der Waals surface area contributed by atoms with Crippen LogP contribution in [0.2, 0.25) is 0 Å². The lowest BCUT2D eigenvalue weighted by Crippen LogP contribution is -2.33. The number of nitrogens with one attached hydrogen (secondary N) is 1. The zero-order chi connectivity index (χ0) is 13.1. The topological polar surface area (TPSA) is 24.5 Å². The molecule has 2 aliphatic rings. The van der Waals surface area contributed by atoms with Gasteiger partial charge in [-0.1, -0.05) is 24.3 Å². The molecule has 0 bridgehead atoms. The molecule has 0 fully saturated rings. The van der Waals surface area contributed by atoms with Crippen molar-refractivity contribution < 1.29 is 4.74 Å². The van der Waals surface area contributed by atoms with Crippen molar-refractivity contribution in [3.05, 3.63) is 41.5 Å². The Morgan fingerprint density at radius 1 is 1.37 bits per heavy atom. The van der Waals surface area contributed by atoms with Gasteiger partial charge in [-0.3, -0.25) is 4.90 Å². The second kappa shape index (κ2) is 5.76. The number of nitrogens with zero attached hydrogens (tertiary/aromatic N) is 1. The van der Waals surface area contributed by atoms with Crippen LogP contribution >= 0.6 is 0 Å². The Balaban J connectivity index is 1.59. The van der Waals surface area contributed by atoms with E-state index < -0.39 is 0 Å². The van der Waals surface area contributed by atoms with Gasteiger partial charge in [0.05, 0.1) is 6.61 Å². The van der Waals surface area contributed by atoms with E-state index in [1.165, 1.54) is 16.8 Å². The number of methoxy groups -OCH3 is 1. The molecule has 0 spiro atoms. The van der Waals surface area contributed by atoms with E-state index in [0.29, 0.717) is 5.92 Å². The fourth-order valence-corrected chi connectivity index (χ4v) is 3.07. The molecule has 0 saturated carbocycles. The molecule has 19 heavy (non-hydrogen) atoms. The molecule has 3 heteroatoms. The van der Waals surface area contributed by atoms with Crippen molar-refractivity contribution in [1.29, 1.82) is 0 Å². The van der Waals surface area contributed by atoms with E-state index in [2.05, 4.69) is 40.6 Å². The summed E-state index contributed by atoms with van der Waals surface area (Å²) in [6, 6.07) is 8.69. The van der Waals surface area contributed by atoms with Crippen LogP contribution in [0.15, 0.2) is 35.9 Å². The van der Waals surface area contributed by atoms with Crippen molar-refractivity contribution in [2.75, 3.05) is 45.2 Å². The number of anilines is 1. The standard InChI is InChI=1S/C16H22N2O/c1-19-12-13-6-8-18(9-7-13)11-14-10-17-16-5-3-2-4-15(14)16/h2-6,14,17H,7-12H2,1H3. The van der Waals surface area contributed by atoms with Gasteiger partial charge in [-0.05, 0) is 23.6 Å². The van der Waals surface area contributed by atoms with Gasteiger partial charge in [0.2, 0.25) is 0 Å². The number of ether oxygens (including phenoxy) is 1. The summed E-state index contributed by atoms with van der Waals surface area (Å²) in [5.41, 5.74) is 4.25. The van der Waals surface area contributed by atoms with E-state index in [-0.39, 0.29) is 0 Å². The molecule has 1 aromatic carbocycles. The molecule has 1 atom stereocenters. The zero-order valence-electron chi connectivity index (χ0n) is 11.6. The quantitative estimate of drug-likeness (QED) is 0.840. The van der Waals surface area contributed by atoms with Gasteiger partial charge in [0.15, 0.2) is 0 Å². The molecule has 2 aliphatic heterocycles. The summed E-state index contributed by atoms with van der Waals surface area (Å²) in [7, 11) is 1.77. The van der Waals surface area contributed by atoms with Crippen LogP contribution in [0.5, 0.6) is 0 Å². The summed E-state index contributed by atoms with van der Waals surface area (Å²) in [5, 5.41) is 3.51. The van der Waals surface area contributed by atoms with E-state index >= 15 is 0 Å². The van der Waals surface area contributed by atoms with Gasteiger partial charge in [-0.25, -0.2) is 0 Å². The van der Waals surface area contributed by atoms with Crippen LogP contribution in [0.4, 0.5) is 5.69 Å². The maximum Gasteiger partial charge on any atom is 0.0673 e. The highest BCUT2D eigenvalue weighted by molar-refractivity contribution is 5.57. The largest absolute Gasteiger partial charge is 0.384 e. The summed E-state index contributed by atoms with van der Waals surface area (Å²) >= 11 is 0. The lowest BCUT2D eigenvalue weighted by atomic mass is 9.99. The minimum Gasteiger partial charge on any atom is -0.384 e. The van der Waals surface area contributed by atoms with Gasteiger partial charge >= 0.3 is 0 Å². The van der Waals surface area contributed by atoms with Crippen molar-refractivity contribution in [2.24, 2.45) is 0 Å². The summed E-state index contributed by atoms with van der Waals surface area (Å²) in [5.74, 6) is 0.633. The third-order valence-corrected chi connectivity index (χ3v) is 4.14. The fraction of sp³-hybridized carbons (Fsp3) is 0.500. The monoisotopic (exact) mass is 258 g/mol.